The van der Waals surface area contributed by atoms with Crippen molar-refractivity contribution in [2.45, 2.75) is 84.7 Å². The number of aromatic nitrogens is 3. The Bertz CT molecular complexity index is 753. The number of rotatable bonds is 7. The van der Waals surface area contributed by atoms with E-state index in [2.05, 4.69) is 15.6 Å². The average Bonchev–Trinajstić information content (AvgIpc) is 3.10. The first kappa shape index (κ1) is 22.1. The molecule has 0 aliphatic heterocycles. The second-order valence-corrected chi connectivity index (χ2v) is 7.75. The molecule has 1 heterocycles. The zero-order valence-corrected chi connectivity index (χ0v) is 17.5. The van der Waals surface area contributed by atoms with Gasteiger partial charge in [0.1, 0.15) is 11.3 Å². The quantitative estimate of drug-likeness (QED) is 0.681. The van der Waals surface area contributed by atoms with E-state index in [9.17, 15) is 15.0 Å². The van der Waals surface area contributed by atoms with Crippen molar-refractivity contribution >= 4 is 11.6 Å². The van der Waals surface area contributed by atoms with Crippen LogP contribution in [0.1, 0.15) is 66.5 Å². The van der Waals surface area contributed by atoms with Crippen molar-refractivity contribution in [3.8, 4) is 0 Å². The van der Waals surface area contributed by atoms with Crippen molar-refractivity contribution in [2.24, 2.45) is 0 Å². The molecule has 156 valence electrons. The minimum absolute atomic E-state index is 0.0245. The van der Waals surface area contributed by atoms with Crippen molar-refractivity contribution in [2.75, 3.05) is 0 Å². The number of ether oxygens (including phenoxy) is 1. The lowest BCUT2D eigenvalue weighted by Gasteiger charge is -2.36. The van der Waals surface area contributed by atoms with E-state index in [0.717, 1.165) is 12.8 Å². The maximum atomic E-state index is 12.1. The van der Waals surface area contributed by atoms with Crippen LogP contribution in [0.15, 0.2) is 23.6 Å². The molecule has 1 aromatic heterocycles. The molecule has 0 radical (unpaired) electrons. The summed E-state index contributed by atoms with van der Waals surface area (Å²) in [6.07, 6.45) is 5.05. The number of hydrogen-bond donors (Lipinski definition) is 2. The van der Waals surface area contributed by atoms with Crippen LogP contribution in [0.4, 0.5) is 0 Å². The van der Waals surface area contributed by atoms with Crippen LogP contribution >= 0.6 is 0 Å². The van der Waals surface area contributed by atoms with Gasteiger partial charge in [-0.2, -0.15) is 0 Å². The van der Waals surface area contributed by atoms with Gasteiger partial charge in [-0.1, -0.05) is 31.6 Å². The molecule has 0 unspecified atom stereocenters. The van der Waals surface area contributed by atoms with E-state index in [1.165, 1.54) is 18.5 Å². The van der Waals surface area contributed by atoms with Crippen LogP contribution in [0.2, 0.25) is 0 Å². The number of aliphatic hydroxyl groups is 1. The zero-order chi connectivity index (χ0) is 21.1. The standard InChI is InChI=1S/C20H32N4O4/c1-7-15(8-2)28-17-10-14(12(3)25)9-16(19(17)21-13(4)26)24-11-18(22-23-24)20(5,6)27/h9,11,15,17,19,25,27H,7-8,10H2,1-6H3,(H,21,26)/p-1/b14-12-/t17-,19-/m1/s1. The number of nitrogens with one attached hydrogen (secondary N) is 1. The number of carbonyl (C=O) groups excluding carboxylic acids is 1. The maximum Gasteiger partial charge on any atom is 0.217 e. The third-order valence-corrected chi connectivity index (χ3v) is 4.91. The summed E-state index contributed by atoms with van der Waals surface area (Å²) in [7, 11) is 0. The molecule has 2 atom stereocenters. The predicted octanol–water partition coefficient (Wildman–Crippen LogP) is 1.46. The summed E-state index contributed by atoms with van der Waals surface area (Å²) in [5.41, 5.74) is 0.427. The SMILES string of the molecule is CCC(CC)O[C@@H]1C/C(=C(/C)[O-])C=C(n2cc(C(C)(C)O)nn2)[C@H]1NC(C)=O. The molecule has 2 N–H and O–H groups in total. The van der Waals surface area contributed by atoms with Gasteiger partial charge in [-0.05, 0) is 32.8 Å². The molecule has 28 heavy (non-hydrogen) atoms. The smallest absolute Gasteiger partial charge is 0.217 e. The lowest BCUT2D eigenvalue weighted by Crippen LogP contribution is -2.48. The highest BCUT2D eigenvalue weighted by Crippen LogP contribution is 2.31. The fourth-order valence-corrected chi connectivity index (χ4v) is 3.22. The summed E-state index contributed by atoms with van der Waals surface area (Å²) in [4.78, 5) is 11.9. The Balaban J connectivity index is 2.51. The number of amides is 1. The summed E-state index contributed by atoms with van der Waals surface area (Å²) in [5, 5.41) is 33.4. The second-order valence-electron chi connectivity index (χ2n) is 7.75. The second kappa shape index (κ2) is 8.87. The van der Waals surface area contributed by atoms with Gasteiger partial charge >= 0.3 is 0 Å². The first-order valence-electron chi connectivity index (χ1n) is 9.73. The summed E-state index contributed by atoms with van der Waals surface area (Å²) in [6.45, 7) is 10.3. The van der Waals surface area contributed by atoms with E-state index in [1.54, 1.807) is 26.1 Å². The molecular weight excluding hydrogens is 360 g/mol. The molecule has 0 spiro atoms. The minimum atomic E-state index is -1.16. The van der Waals surface area contributed by atoms with Gasteiger partial charge in [-0.15, -0.1) is 10.9 Å². The van der Waals surface area contributed by atoms with Gasteiger partial charge in [-0.3, -0.25) is 4.79 Å². The fourth-order valence-electron chi connectivity index (χ4n) is 3.22. The molecule has 0 aromatic carbocycles. The molecule has 1 amide bonds. The molecule has 0 saturated carbocycles. The topological polar surface area (TPSA) is 112 Å². The molecule has 1 aromatic rings. The molecule has 2 rings (SSSR count). The van der Waals surface area contributed by atoms with E-state index in [0.29, 0.717) is 23.4 Å². The molecule has 1 aliphatic carbocycles. The van der Waals surface area contributed by atoms with Crippen molar-refractivity contribution in [1.82, 2.24) is 20.3 Å². The third-order valence-electron chi connectivity index (χ3n) is 4.91. The Labute approximate surface area is 166 Å². The molecule has 1 aliphatic rings. The monoisotopic (exact) mass is 391 g/mol. The molecule has 8 heteroatoms. The van der Waals surface area contributed by atoms with Crippen molar-refractivity contribution < 1.29 is 19.7 Å². The first-order valence-corrected chi connectivity index (χ1v) is 9.73. The Morgan fingerprint density at radius 3 is 2.54 bits per heavy atom. The first-order chi connectivity index (χ1) is 13.1. The normalized spacial score (nSPS) is 22.2. The van der Waals surface area contributed by atoms with Gasteiger partial charge in [-0.25, -0.2) is 4.68 Å². The van der Waals surface area contributed by atoms with Gasteiger partial charge in [0.15, 0.2) is 0 Å². The highest BCUT2D eigenvalue weighted by Gasteiger charge is 2.35. The highest BCUT2D eigenvalue weighted by molar-refractivity contribution is 5.76. The van der Waals surface area contributed by atoms with Crippen LogP contribution in [-0.2, 0) is 15.1 Å². The highest BCUT2D eigenvalue weighted by atomic mass is 16.5. The Hall–Kier alpha value is -2.19. The molecule has 0 saturated heterocycles. The van der Waals surface area contributed by atoms with E-state index >= 15 is 0 Å². The summed E-state index contributed by atoms with van der Waals surface area (Å²) >= 11 is 0. The number of hydrogen-bond acceptors (Lipinski definition) is 6. The van der Waals surface area contributed by atoms with Crippen molar-refractivity contribution in [1.29, 1.82) is 0 Å². The summed E-state index contributed by atoms with van der Waals surface area (Å²) < 4.78 is 7.77. The Morgan fingerprint density at radius 1 is 1.43 bits per heavy atom. The van der Waals surface area contributed by atoms with Gasteiger partial charge in [0.05, 0.1) is 30.1 Å². The molecule has 0 bridgehead atoms. The Morgan fingerprint density at radius 2 is 2.07 bits per heavy atom. The molecular formula is C20H31N4O4-. The molecule has 8 nitrogen and oxygen atoms in total. The summed E-state index contributed by atoms with van der Waals surface area (Å²) in [5.74, 6) is -0.261. The van der Waals surface area contributed by atoms with Crippen LogP contribution < -0.4 is 10.4 Å². The lowest BCUT2D eigenvalue weighted by atomic mass is 9.90. The van der Waals surface area contributed by atoms with Gasteiger partial charge in [0, 0.05) is 13.3 Å². The van der Waals surface area contributed by atoms with Gasteiger partial charge in [0.25, 0.3) is 0 Å². The van der Waals surface area contributed by atoms with Gasteiger partial charge < -0.3 is 20.3 Å². The average molecular weight is 391 g/mol. The van der Waals surface area contributed by atoms with E-state index in [4.69, 9.17) is 4.74 Å². The number of allylic oxidation sites excluding steroid dienone is 2. The number of nitrogens with zero attached hydrogens (tertiary/aromatic N) is 3. The predicted molar refractivity (Wildman–Crippen MR) is 104 cm³/mol. The summed E-state index contributed by atoms with van der Waals surface area (Å²) in [6, 6.07) is -0.488. The van der Waals surface area contributed by atoms with E-state index in [-0.39, 0.29) is 17.8 Å². The largest absolute Gasteiger partial charge is 0.875 e. The van der Waals surface area contributed by atoms with E-state index in [1.807, 2.05) is 13.8 Å². The maximum absolute atomic E-state index is 12.1. The van der Waals surface area contributed by atoms with Gasteiger partial charge in [0.2, 0.25) is 5.91 Å². The van der Waals surface area contributed by atoms with Crippen LogP contribution in [0.5, 0.6) is 0 Å². The van der Waals surface area contributed by atoms with Crippen LogP contribution in [-0.4, -0.2) is 44.3 Å². The number of carbonyl (C=O) groups is 1. The van der Waals surface area contributed by atoms with Crippen LogP contribution in [0, 0.1) is 0 Å². The fraction of sp³-hybridized carbons (Fsp3) is 0.650. The lowest BCUT2D eigenvalue weighted by molar-refractivity contribution is -0.303. The molecule has 0 fully saturated rings. The Kier molecular flexibility index (Phi) is 7.01. The van der Waals surface area contributed by atoms with Crippen LogP contribution in [0.25, 0.3) is 5.70 Å². The van der Waals surface area contributed by atoms with E-state index < -0.39 is 17.7 Å². The third kappa shape index (κ3) is 5.20. The minimum Gasteiger partial charge on any atom is -0.875 e. The van der Waals surface area contributed by atoms with Crippen molar-refractivity contribution in [3.05, 3.63) is 29.3 Å². The van der Waals surface area contributed by atoms with Crippen molar-refractivity contribution in [3.63, 3.8) is 0 Å². The zero-order valence-electron chi connectivity index (χ0n) is 17.5. The van der Waals surface area contributed by atoms with Crippen LogP contribution in [0.3, 0.4) is 0 Å².